The van der Waals surface area contributed by atoms with Gasteiger partial charge in [-0.05, 0) is 78.0 Å². The van der Waals surface area contributed by atoms with E-state index >= 15 is 0 Å². The van der Waals surface area contributed by atoms with Crippen molar-refractivity contribution in [1.29, 1.82) is 0 Å². The molecule has 0 aliphatic carbocycles. The van der Waals surface area contributed by atoms with E-state index in [9.17, 15) is 4.79 Å². The van der Waals surface area contributed by atoms with E-state index in [1.807, 2.05) is 0 Å². The lowest BCUT2D eigenvalue weighted by Gasteiger charge is -2.12. The average molecular weight is 454 g/mol. The van der Waals surface area contributed by atoms with E-state index in [0.29, 0.717) is 12.1 Å². The van der Waals surface area contributed by atoms with Gasteiger partial charge in [0.15, 0.2) is 0 Å². The number of rotatable bonds is 12. The zero-order chi connectivity index (χ0) is 24.3. The van der Waals surface area contributed by atoms with Crippen LogP contribution >= 0.6 is 0 Å². The van der Waals surface area contributed by atoms with Gasteiger partial charge in [0.1, 0.15) is 0 Å². The third-order valence-electron chi connectivity index (χ3n) is 6.42. The minimum absolute atomic E-state index is 0.0613. The van der Waals surface area contributed by atoms with Crippen molar-refractivity contribution in [3.05, 3.63) is 95.6 Å². The fourth-order valence-corrected chi connectivity index (χ4v) is 4.29. The van der Waals surface area contributed by atoms with Crippen LogP contribution in [0.15, 0.2) is 78.9 Å². The molecule has 0 bridgehead atoms. The van der Waals surface area contributed by atoms with Gasteiger partial charge in [-0.25, -0.2) is 0 Å². The van der Waals surface area contributed by atoms with Crippen LogP contribution in [0.3, 0.4) is 0 Å². The summed E-state index contributed by atoms with van der Waals surface area (Å²) in [5.41, 5.74) is 9.80. The van der Waals surface area contributed by atoms with Crippen molar-refractivity contribution in [3.8, 4) is 22.3 Å². The van der Waals surface area contributed by atoms with Crippen LogP contribution in [0.25, 0.3) is 22.3 Å². The summed E-state index contributed by atoms with van der Waals surface area (Å²) in [4.78, 5) is 11.6. The summed E-state index contributed by atoms with van der Waals surface area (Å²) in [5, 5.41) is 2.90. The molecule has 0 aliphatic heterocycles. The topological polar surface area (TPSA) is 29.1 Å². The SMILES string of the molecule is C=C(C)C(=O)NCCCc1ccc(-c2ccc(-c3ccc(CCCCC)cc3)cc2CC)cc1. The summed E-state index contributed by atoms with van der Waals surface area (Å²) in [6, 6.07) is 24.8. The number of carbonyl (C=O) groups is 1. The first-order valence-corrected chi connectivity index (χ1v) is 12.8. The fourth-order valence-electron chi connectivity index (χ4n) is 4.29. The molecule has 3 rings (SSSR count). The van der Waals surface area contributed by atoms with Crippen molar-refractivity contribution < 1.29 is 4.79 Å². The Bertz CT molecular complexity index is 1080. The number of amides is 1. The van der Waals surface area contributed by atoms with Crippen molar-refractivity contribution in [3.63, 3.8) is 0 Å². The molecule has 0 spiro atoms. The molecule has 1 amide bonds. The normalized spacial score (nSPS) is 10.8. The number of hydrogen-bond donors (Lipinski definition) is 1. The molecule has 34 heavy (non-hydrogen) atoms. The summed E-state index contributed by atoms with van der Waals surface area (Å²) < 4.78 is 0. The molecule has 2 nitrogen and oxygen atoms in total. The fraction of sp³-hybridized carbons (Fsp3) is 0.344. The average Bonchev–Trinajstić information content (AvgIpc) is 2.87. The Morgan fingerprint density at radius 3 is 1.94 bits per heavy atom. The van der Waals surface area contributed by atoms with Crippen molar-refractivity contribution in [2.75, 3.05) is 6.54 Å². The minimum atomic E-state index is -0.0613. The molecule has 0 aliphatic rings. The molecule has 1 N–H and O–H groups in total. The quantitative estimate of drug-likeness (QED) is 0.219. The Morgan fingerprint density at radius 2 is 1.35 bits per heavy atom. The van der Waals surface area contributed by atoms with Crippen LogP contribution in [0.4, 0.5) is 0 Å². The van der Waals surface area contributed by atoms with Gasteiger partial charge in [-0.1, -0.05) is 100.0 Å². The largest absolute Gasteiger partial charge is 0.352 e. The van der Waals surface area contributed by atoms with Crippen molar-refractivity contribution in [1.82, 2.24) is 5.32 Å². The van der Waals surface area contributed by atoms with Crippen LogP contribution < -0.4 is 5.32 Å². The molecule has 0 saturated carbocycles. The van der Waals surface area contributed by atoms with Crippen LogP contribution in [0.5, 0.6) is 0 Å². The highest BCUT2D eigenvalue weighted by Gasteiger charge is 2.08. The maximum atomic E-state index is 11.6. The Morgan fingerprint density at radius 1 is 0.765 bits per heavy atom. The van der Waals surface area contributed by atoms with E-state index in [0.717, 1.165) is 19.3 Å². The van der Waals surface area contributed by atoms with Crippen LogP contribution in [0.2, 0.25) is 0 Å². The van der Waals surface area contributed by atoms with Gasteiger partial charge >= 0.3 is 0 Å². The van der Waals surface area contributed by atoms with Crippen LogP contribution in [0.1, 0.15) is 63.1 Å². The maximum absolute atomic E-state index is 11.6. The van der Waals surface area contributed by atoms with Gasteiger partial charge in [-0.2, -0.15) is 0 Å². The van der Waals surface area contributed by atoms with Gasteiger partial charge in [0, 0.05) is 12.1 Å². The summed E-state index contributed by atoms with van der Waals surface area (Å²) in [6.07, 6.45) is 7.89. The molecule has 0 aromatic heterocycles. The molecule has 3 aromatic rings. The maximum Gasteiger partial charge on any atom is 0.246 e. The second-order valence-corrected chi connectivity index (χ2v) is 9.22. The number of hydrogen-bond acceptors (Lipinski definition) is 1. The highest BCUT2D eigenvalue weighted by molar-refractivity contribution is 5.92. The van der Waals surface area contributed by atoms with Gasteiger partial charge in [0.25, 0.3) is 0 Å². The van der Waals surface area contributed by atoms with Gasteiger partial charge in [0.05, 0.1) is 0 Å². The molecular weight excluding hydrogens is 414 g/mol. The van der Waals surface area contributed by atoms with Gasteiger partial charge in [0.2, 0.25) is 5.91 Å². The third-order valence-corrected chi connectivity index (χ3v) is 6.42. The molecule has 0 radical (unpaired) electrons. The van der Waals surface area contributed by atoms with E-state index in [1.165, 1.54) is 64.6 Å². The number of carbonyl (C=O) groups excluding carboxylic acids is 1. The van der Waals surface area contributed by atoms with E-state index in [2.05, 4.69) is 92.5 Å². The zero-order valence-electron chi connectivity index (χ0n) is 21.1. The molecule has 0 unspecified atom stereocenters. The predicted molar refractivity (Wildman–Crippen MR) is 146 cm³/mol. The number of nitrogens with one attached hydrogen (secondary N) is 1. The molecule has 0 heterocycles. The molecule has 178 valence electrons. The summed E-state index contributed by atoms with van der Waals surface area (Å²) >= 11 is 0. The van der Waals surface area contributed by atoms with Gasteiger partial charge in [-0.3, -0.25) is 4.79 Å². The van der Waals surface area contributed by atoms with Crippen LogP contribution in [-0.4, -0.2) is 12.5 Å². The zero-order valence-corrected chi connectivity index (χ0v) is 21.1. The molecule has 3 aromatic carbocycles. The molecule has 0 atom stereocenters. The van der Waals surface area contributed by atoms with Crippen molar-refractivity contribution >= 4 is 5.91 Å². The number of unbranched alkanes of at least 4 members (excludes halogenated alkanes) is 2. The lowest BCUT2D eigenvalue weighted by Crippen LogP contribution is -2.24. The predicted octanol–water partition coefficient (Wildman–Crippen LogP) is 7.94. The Kier molecular flexibility index (Phi) is 9.70. The van der Waals surface area contributed by atoms with E-state index in [4.69, 9.17) is 0 Å². The molecule has 0 saturated heterocycles. The molecular formula is C32H39NO. The van der Waals surface area contributed by atoms with Crippen molar-refractivity contribution in [2.45, 2.75) is 65.7 Å². The number of benzene rings is 3. The van der Waals surface area contributed by atoms with E-state index in [-0.39, 0.29) is 5.91 Å². The highest BCUT2D eigenvalue weighted by atomic mass is 16.1. The molecule has 2 heteroatoms. The Labute approximate surface area is 206 Å². The lowest BCUT2D eigenvalue weighted by molar-refractivity contribution is -0.117. The monoisotopic (exact) mass is 453 g/mol. The standard InChI is InChI=1S/C32H39NO/c1-5-7-8-10-25-12-16-28(17-13-25)30-20-21-31(27(6-2)23-30)29-18-14-26(15-19-29)11-9-22-33-32(34)24(3)4/h12-21,23H,3,5-11,22H2,1-2,4H3,(H,33,34). The van der Waals surface area contributed by atoms with Gasteiger partial charge in [-0.15, -0.1) is 0 Å². The second kappa shape index (κ2) is 12.9. The second-order valence-electron chi connectivity index (χ2n) is 9.22. The van der Waals surface area contributed by atoms with Gasteiger partial charge < -0.3 is 5.32 Å². The first-order chi connectivity index (χ1) is 16.5. The smallest absolute Gasteiger partial charge is 0.246 e. The third kappa shape index (κ3) is 7.18. The Balaban J connectivity index is 1.65. The minimum Gasteiger partial charge on any atom is -0.352 e. The summed E-state index contributed by atoms with van der Waals surface area (Å²) in [5.74, 6) is -0.0613. The van der Waals surface area contributed by atoms with Crippen LogP contribution in [-0.2, 0) is 24.1 Å². The lowest BCUT2D eigenvalue weighted by atomic mass is 9.92. The van der Waals surface area contributed by atoms with Crippen molar-refractivity contribution in [2.24, 2.45) is 0 Å². The van der Waals surface area contributed by atoms with E-state index < -0.39 is 0 Å². The van der Waals surface area contributed by atoms with E-state index in [1.54, 1.807) is 6.92 Å². The first-order valence-electron chi connectivity index (χ1n) is 12.8. The first kappa shape index (κ1) is 25.5. The van der Waals surface area contributed by atoms with Crippen LogP contribution in [0, 0.1) is 0 Å². The summed E-state index contributed by atoms with van der Waals surface area (Å²) in [6.45, 7) is 10.6. The molecule has 0 fully saturated rings. The highest BCUT2D eigenvalue weighted by Crippen LogP contribution is 2.30. The number of aryl methyl sites for hydroxylation is 3. The Hall–Kier alpha value is -3.13. The summed E-state index contributed by atoms with van der Waals surface area (Å²) in [7, 11) is 0.